The highest BCUT2D eigenvalue weighted by Crippen LogP contribution is 2.15. The van der Waals surface area contributed by atoms with Crippen molar-refractivity contribution in [1.82, 2.24) is 9.97 Å². The minimum atomic E-state index is 0.159. The predicted octanol–water partition coefficient (Wildman–Crippen LogP) is 1.76. The van der Waals surface area contributed by atoms with Crippen molar-refractivity contribution < 1.29 is 0 Å². The zero-order valence-electron chi connectivity index (χ0n) is 7.87. The van der Waals surface area contributed by atoms with E-state index < -0.39 is 0 Å². The summed E-state index contributed by atoms with van der Waals surface area (Å²) >= 11 is 3.39. The van der Waals surface area contributed by atoms with Crippen LogP contribution >= 0.6 is 15.9 Å². The quantitative estimate of drug-likeness (QED) is 0.881. The molecule has 1 aromatic rings. The summed E-state index contributed by atoms with van der Waals surface area (Å²) in [6.07, 6.45) is 4.09. The van der Waals surface area contributed by atoms with Crippen molar-refractivity contribution in [3.63, 3.8) is 0 Å². The Kier molecular flexibility index (Phi) is 3.81. The van der Waals surface area contributed by atoms with Crippen molar-refractivity contribution in [3.05, 3.63) is 22.7 Å². The van der Waals surface area contributed by atoms with E-state index in [0.29, 0.717) is 5.92 Å². The van der Waals surface area contributed by atoms with Gasteiger partial charge in [-0.05, 0) is 21.8 Å². The maximum atomic E-state index is 5.94. The van der Waals surface area contributed by atoms with Gasteiger partial charge >= 0.3 is 0 Å². The van der Waals surface area contributed by atoms with Crippen LogP contribution in [-0.4, -0.2) is 16.0 Å². The second kappa shape index (κ2) is 4.67. The standard InChI is InChI=1S/C9H14BrN3/c1-6(2)8(11)3-9-7(10)4-12-5-13-9/h4-6,8H,3,11H2,1-2H3. The molecule has 0 bridgehead atoms. The summed E-state index contributed by atoms with van der Waals surface area (Å²) < 4.78 is 0.936. The zero-order chi connectivity index (χ0) is 9.84. The molecule has 0 saturated heterocycles. The molecule has 72 valence electrons. The lowest BCUT2D eigenvalue weighted by molar-refractivity contribution is 0.485. The molecular formula is C9H14BrN3. The molecule has 0 radical (unpaired) electrons. The van der Waals surface area contributed by atoms with Crippen LogP contribution in [0.15, 0.2) is 17.0 Å². The van der Waals surface area contributed by atoms with Gasteiger partial charge in [0, 0.05) is 18.7 Å². The molecule has 1 aromatic heterocycles. The number of rotatable bonds is 3. The van der Waals surface area contributed by atoms with E-state index in [0.717, 1.165) is 16.6 Å². The summed E-state index contributed by atoms with van der Waals surface area (Å²) in [6, 6.07) is 0.159. The topological polar surface area (TPSA) is 51.8 Å². The van der Waals surface area contributed by atoms with Crippen LogP contribution in [0.2, 0.25) is 0 Å². The van der Waals surface area contributed by atoms with E-state index in [1.54, 1.807) is 12.5 Å². The van der Waals surface area contributed by atoms with E-state index in [2.05, 4.69) is 39.7 Å². The van der Waals surface area contributed by atoms with Gasteiger partial charge in [-0.25, -0.2) is 9.97 Å². The maximum Gasteiger partial charge on any atom is 0.115 e. The Hall–Kier alpha value is -0.480. The molecule has 2 N–H and O–H groups in total. The second-order valence-electron chi connectivity index (χ2n) is 3.43. The number of hydrogen-bond donors (Lipinski definition) is 1. The normalized spacial score (nSPS) is 13.3. The third-order valence-corrected chi connectivity index (χ3v) is 2.69. The second-order valence-corrected chi connectivity index (χ2v) is 4.28. The number of nitrogens with zero attached hydrogens (tertiary/aromatic N) is 2. The Balaban J connectivity index is 2.69. The molecule has 13 heavy (non-hydrogen) atoms. The smallest absolute Gasteiger partial charge is 0.115 e. The van der Waals surface area contributed by atoms with Crippen LogP contribution in [0.5, 0.6) is 0 Å². The molecule has 0 aromatic carbocycles. The molecule has 0 amide bonds. The number of hydrogen-bond acceptors (Lipinski definition) is 3. The monoisotopic (exact) mass is 243 g/mol. The first-order chi connectivity index (χ1) is 6.11. The summed E-state index contributed by atoms with van der Waals surface area (Å²) in [5.41, 5.74) is 6.92. The summed E-state index contributed by atoms with van der Waals surface area (Å²) in [6.45, 7) is 4.22. The zero-order valence-corrected chi connectivity index (χ0v) is 9.45. The van der Waals surface area contributed by atoms with Gasteiger partial charge in [-0.1, -0.05) is 13.8 Å². The SMILES string of the molecule is CC(C)C(N)Cc1ncncc1Br. The fourth-order valence-corrected chi connectivity index (χ4v) is 1.33. The van der Waals surface area contributed by atoms with Crippen molar-refractivity contribution >= 4 is 15.9 Å². The first-order valence-corrected chi connectivity index (χ1v) is 5.10. The lowest BCUT2D eigenvalue weighted by atomic mass is 10.0. The van der Waals surface area contributed by atoms with Crippen LogP contribution in [0.3, 0.4) is 0 Å². The van der Waals surface area contributed by atoms with E-state index in [-0.39, 0.29) is 6.04 Å². The molecule has 1 rings (SSSR count). The van der Waals surface area contributed by atoms with Crippen molar-refractivity contribution in [3.8, 4) is 0 Å². The van der Waals surface area contributed by atoms with E-state index in [9.17, 15) is 0 Å². The Morgan fingerprint density at radius 3 is 2.77 bits per heavy atom. The Bertz CT molecular complexity index is 275. The molecular weight excluding hydrogens is 230 g/mol. The van der Waals surface area contributed by atoms with Crippen LogP contribution in [0, 0.1) is 5.92 Å². The maximum absolute atomic E-state index is 5.94. The first kappa shape index (κ1) is 10.6. The first-order valence-electron chi connectivity index (χ1n) is 4.31. The molecule has 0 aliphatic rings. The Morgan fingerprint density at radius 1 is 1.54 bits per heavy atom. The summed E-state index contributed by atoms with van der Waals surface area (Å²) in [4.78, 5) is 8.06. The molecule has 0 aliphatic carbocycles. The van der Waals surface area contributed by atoms with Gasteiger partial charge in [-0.2, -0.15) is 0 Å². The lowest BCUT2D eigenvalue weighted by Gasteiger charge is -2.15. The summed E-state index contributed by atoms with van der Waals surface area (Å²) in [5.74, 6) is 0.474. The minimum Gasteiger partial charge on any atom is -0.327 e. The van der Waals surface area contributed by atoms with Crippen LogP contribution < -0.4 is 5.73 Å². The Morgan fingerprint density at radius 2 is 2.23 bits per heavy atom. The lowest BCUT2D eigenvalue weighted by Crippen LogP contribution is -2.29. The summed E-state index contributed by atoms with van der Waals surface area (Å²) in [7, 11) is 0. The van der Waals surface area contributed by atoms with Crippen molar-refractivity contribution in [2.24, 2.45) is 11.7 Å². The minimum absolute atomic E-state index is 0.159. The molecule has 0 saturated carbocycles. The highest BCUT2D eigenvalue weighted by atomic mass is 79.9. The van der Waals surface area contributed by atoms with Crippen molar-refractivity contribution in [2.75, 3.05) is 0 Å². The largest absolute Gasteiger partial charge is 0.327 e. The predicted molar refractivity (Wildman–Crippen MR) is 56.2 cm³/mol. The molecule has 1 atom stereocenters. The highest BCUT2D eigenvalue weighted by molar-refractivity contribution is 9.10. The van der Waals surface area contributed by atoms with Crippen molar-refractivity contribution in [1.29, 1.82) is 0 Å². The van der Waals surface area contributed by atoms with Gasteiger partial charge in [-0.15, -0.1) is 0 Å². The fourth-order valence-electron chi connectivity index (χ4n) is 0.947. The van der Waals surface area contributed by atoms with Crippen LogP contribution in [0.4, 0.5) is 0 Å². The highest BCUT2D eigenvalue weighted by Gasteiger charge is 2.11. The van der Waals surface area contributed by atoms with Gasteiger partial charge in [0.05, 0.1) is 10.2 Å². The third kappa shape index (κ3) is 3.04. The number of aromatic nitrogens is 2. The molecule has 0 spiro atoms. The van der Waals surface area contributed by atoms with Crippen LogP contribution in [0.25, 0.3) is 0 Å². The van der Waals surface area contributed by atoms with E-state index in [1.165, 1.54) is 0 Å². The van der Waals surface area contributed by atoms with Gasteiger partial charge in [0.2, 0.25) is 0 Å². The van der Waals surface area contributed by atoms with E-state index >= 15 is 0 Å². The number of nitrogens with two attached hydrogens (primary N) is 1. The van der Waals surface area contributed by atoms with Crippen LogP contribution in [-0.2, 0) is 6.42 Å². The van der Waals surface area contributed by atoms with Gasteiger partial charge in [0.25, 0.3) is 0 Å². The van der Waals surface area contributed by atoms with Gasteiger partial charge < -0.3 is 5.73 Å². The summed E-state index contributed by atoms with van der Waals surface area (Å²) in [5, 5.41) is 0. The molecule has 4 heteroatoms. The molecule has 0 fully saturated rings. The average Bonchev–Trinajstić information content (AvgIpc) is 2.08. The van der Waals surface area contributed by atoms with E-state index in [1.807, 2.05) is 0 Å². The third-order valence-electron chi connectivity index (χ3n) is 2.03. The van der Waals surface area contributed by atoms with Gasteiger partial charge in [-0.3, -0.25) is 0 Å². The van der Waals surface area contributed by atoms with E-state index in [4.69, 9.17) is 5.73 Å². The van der Waals surface area contributed by atoms with Gasteiger partial charge in [0.15, 0.2) is 0 Å². The Labute approximate surface area is 86.9 Å². The molecule has 1 unspecified atom stereocenters. The molecule has 3 nitrogen and oxygen atoms in total. The van der Waals surface area contributed by atoms with Crippen molar-refractivity contribution in [2.45, 2.75) is 26.3 Å². The van der Waals surface area contributed by atoms with Gasteiger partial charge in [0.1, 0.15) is 6.33 Å². The van der Waals surface area contributed by atoms with Crippen LogP contribution in [0.1, 0.15) is 19.5 Å². The fraction of sp³-hybridized carbons (Fsp3) is 0.556. The average molecular weight is 244 g/mol. The molecule has 0 aliphatic heterocycles. The molecule has 1 heterocycles. The number of halogens is 1.